The summed E-state index contributed by atoms with van der Waals surface area (Å²) in [4.78, 5) is 27.7. The number of carboxylic acid groups (broad SMARTS) is 1. The lowest BCUT2D eigenvalue weighted by atomic mass is 10.1. The van der Waals surface area contributed by atoms with Crippen LogP contribution in [0.25, 0.3) is 0 Å². The molecule has 0 aliphatic carbocycles. The predicted octanol–water partition coefficient (Wildman–Crippen LogP) is 2.79. The zero-order valence-corrected chi connectivity index (χ0v) is 24.6. The van der Waals surface area contributed by atoms with Crippen molar-refractivity contribution in [3.63, 3.8) is 0 Å². The number of rotatable bonds is 12. The lowest BCUT2D eigenvalue weighted by Gasteiger charge is -2.20. The monoisotopic (exact) mass is 616 g/mol. The SMILES string of the molecule is COc1ccc(S(=O)(=O)N(C)CCCC(=O)N(C)CCc2ccc(C3=NCCN3)cc2)cc1OC.O=C(O)C(F)(F)F. The minimum Gasteiger partial charge on any atom is -0.493 e. The summed E-state index contributed by atoms with van der Waals surface area (Å²) in [6.45, 7) is 2.51. The molecule has 11 nitrogen and oxygen atoms in total. The maximum absolute atomic E-state index is 12.9. The van der Waals surface area contributed by atoms with Gasteiger partial charge in [0.1, 0.15) is 5.84 Å². The molecule has 0 bridgehead atoms. The summed E-state index contributed by atoms with van der Waals surface area (Å²) < 4.78 is 69.2. The third-order valence-electron chi connectivity index (χ3n) is 6.23. The minimum absolute atomic E-state index is 0.0111. The summed E-state index contributed by atoms with van der Waals surface area (Å²) in [5.41, 5.74) is 2.22. The molecule has 1 aliphatic heterocycles. The second-order valence-electron chi connectivity index (χ2n) is 9.17. The van der Waals surface area contributed by atoms with Crippen LogP contribution in [0.15, 0.2) is 52.4 Å². The van der Waals surface area contributed by atoms with E-state index in [1.165, 1.54) is 37.7 Å². The largest absolute Gasteiger partial charge is 0.493 e. The van der Waals surface area contributed by atoms with Gasteiger partial charge in [-0.15, -0.1) is 0 Å². The first-order chi connectivity index (χ1) is 19.7. The lowest BCUT2D eigenvalue weighted by molar-refractivity contribution is -0.192. The van der Waals surface area contributed by atoms with Crippen molar-refractivity contribution < 1.29 is 45.8 Å². The highest BCUT2D eigenvalue weighted by atomic mass is 32.2. The highest BCUT2D eigenvalue weighted by Crippen LogP contribution is 2.30. The molecule has 3 rings (SSSR count). The summed E-state index contributed by atoms with van der Waals surface area (Å²) in [6.07, 6.45) is -3.64. The Balaban J connectivity index is 0.000000782. The number of ether oxygens (including phenoxy) is 2. The number of carboxylic acids is 1. The molecular formula is C27H35F3N4O7S. The maximum Gasteiger partial charge on any atom is 0.490 e. The van der Waals surface area contributed by atoms with Crippen molar-refractivity contribution in [3.05, 3.63) is 53.6 Å². The first-order valence-electron chi connectivity index (χ1n) is 12.8. The van der Waals surface area contributed by atoms with Crippen LogP contribution in [0.4, 0.5) is 13.2 Å². The van der Waals surface area contributed by atoms with Crippen molar-refractivity contribution in [1.29, 1.82) is 0 Å². The van der Waals surface area contributed by atoms with E-state index in [9.17, 15) is 26.4 Å². The van der Waals surface area contributed by atoms with Crippen LogP contribution in [0, 0.1) is 0 Å². The van der Waals surface area contributed by atoms with Crippen LogP contribution in [-0.4, -0.2) is 101 Å². The van der Waals surface area contributed by atoms with Crippen molar-refractivity contribution in [1.82, 2.24) is 14.5 Å². The lowest BCUT2D eigenvalue weighted by Crippen LogP contribution is -2.31. The second kappa shape index (κ2) is 15.4. The molecule has 1 heterocycles. The van der Waals surface area contributed by atoms with Gasteiger partial charge in [0, 0.05) is 51.8 Å². The normalized spacial score (nSPS) is 13.0. The second-order valence-corrected chi connectivity index (χ2v) is 11.2. The first-order valence-corrected chi connectivity index (χ1v) is 14.2. The molecule has 2 aromatic carbocycles. The van der Waals surface area contributed by atoms with E-state index in [4.69, 9.17) is 19.4 Å². The van der Waals surface area contributed by atoms with Gasteiger partial charge in [-0.25, -0.2) is 17.5 Å². The van der Waals surface area contributed by atoms with Crippen LogP contribution in [0.1, 0.15) is 24.0 Å². The molecule has 0 saturated carbocycles. The number of amides is 1. The molecule has 0 radical (unpaired) electrons. The van der Waals surface area contributed by atoms with Crippen LogP contribution in [0.2, 0.25) is 0 Å². The van der Waals surface area contributed by atoms with Gasteiger partial charge in [0.15, 0.2) is 11.5 Å². The first kappa shape index (κ1) is 34.4. The van der Waals surface area contributed by atoms with Crippen LogP contribution in [0.5, 0.6) is 11.5 Å². The van der Waals surface area contributed by atoms with E-state index in [2.05, 4.69) is 22.4 Å². The Morgan fingerprint density at radius 1 is 1.02 bits per heavy atom. The molecule has 42 heavy (non-hydrogen) atoms. The number of halogens is 3. The molecule has 0 aromatic heterocycles. The number of nitrogens with zero attached hydrogens (tertiary/aromatic N) is 3. The van der Waals surface area contributed by atoms with Gasteiger partial charge in [0.2, 0.25) is 15.9 Å². The van der Waals surface area contributed by atoms with Crippen molar-refractivity contribution in [2.24, 2.45) is 4.99 Å². The fraction of sp³-hybridized carbons (Fsp3) is 0.444. The average molecular weight is 617 g/mol. The quantitative estimate of drug-likeness (QED) is 0.372. The standard InChI is InChI=1S/C25H34N4O5S.C2HF3O2/c1-28(17-13-19-7-9-20(10-8-19)25-26-14-15-27-25)24(30)6-5-16-29(2)35(31,32)21-11-12-22(33-3)23(18-21)34-4;3-2(4,5)1(6)7/h7-12,18H,5-6,13-17H2,1-4H3,(H,26,27);(H,6,7). The molecule has 232 valence electrons. The fourth-order valence-corrected chi connectivity index (χ4v) is 4.99. The van der Waals surface area contributed by atoms with E-state index in [-0.39, 0.29) is 23.8 Å². The van der Waals surface area contributed by atoms with Crippen molar-refractivity contribution >= 4 is 27.7 Å². The number of alkyl halides is 3. The van der Waals surface area contributed by atoms with Crippen molar-refractivity contribution in [2.75, 3.05) is 54.5 Å². The number of aliphatic carboxylic acids is 1. The highest BCUT2D eigenvalue weighted by molar-refractivity contribution is 7.89. The summed E-state index contributed by atoms with van der Waals surface area (Å²) in [5, 5.41) is 10.4. The molecule has 15 heteroatoms. The summed E-state index contributed by atoms with van der Waals surface area (Å²) in [7, 11) is 2.52. The number of sulfonamides is 1. The number of methoxy groups -OCH3 is 2. The maximum atomic E-state index is 12.9. The topological polar surface area (TPSA) is 138 Å². The Hall–Kier alpha value is -3.85. The number of likely N-dealkylation sites (N-methyl/N-ethyl adjacent to an activating group) is 1. The van der Waals surface area contributed by atoms with Gasteiger partial charge in [-0.05, 0) is 30.5 Å². The molecular weight excluding hydrogens is 581 g/mol. The number of hydrogen-bond acceptors (Lipinski definition) is 8. The highest BCUT2D eigenvalue weighted by Gasteiger charge is 2.38. The molecule has 1 amide bonds. The Bertz CT molecular complexity index is 1350. The molecule has 0 unspecified atom stereocenters. The van der Waals surface area contributed by atoms with Gasteiger partial charge in [-0.3, -0.25) is 9.79 Å². The summed E-state index contributed by atoms with van der Waals surface area (Å²) >= 11 is 0. The van der Waals surface area contributed by atoms with Gasteiger partial charge in [-0.1, -0.05) is 24.3 Å². The Labute approximate surface area is 243 Å². The van der Waals surface area contributed by atoms with E-state index in [1.807, 2.05) is 12.1 Å². The molecule has 1 aliphatic rings. The van der Waals surface area contributed by atoms with Gasteiger partial charge >= 0.3 is 12.1 Å². The molecule has 2 N–H and O–H groups in total. The van der Waals surface area contributed by atoms with E-state index in [1.54, 1.807) is 18.0 Å². The Morgan fingerprint density at radius 3 is 2.17 bits per heavy atom. The molecule has 2 aromatic rings. The van der Waals surface area contributed by atoms with Gasteiger partial charge in [0.25, 0.3) is 0 Å². The number of hydrogen-bond donors (Lipinski definition) is 2. The van der Waals surface area contributed by atoms with E-state index < -0.39 is 22.2 Å². The number of aliphatic imine (C=N–C) groups is 1. The third kappa shape index (κ3) is 9.91. The van der Waals surface area contributed by atoms with Gasteiger partial charge < -0.3 is 24.8 Å². The van der Waals surface area contributed by atoms with E-state index >= 15 is 0 Å². The van der Waals surface area contributed by atoms with E-state index in [0.29, 0.717) is 24.5 Å². The number of nitrogens with one attached hydrogen (secondary N) is 1. The summed E-state index contributed by atoms with van der Waals surface area (Å²) in [5.74, 6) is -1.03. The predicted molar refractivity (Wildman–Crippen MR) is 149 cm³/mol. The number of amidine groups is 1. The summed E-state index contributed by atoms with van der Waals surface area (Å²) in [6, 6.07) is 12.7. The smallest absolute Gasteiger partial charge is 0.490 e. The molecule has 0 spiro atoms. The van der Waals surface area contributed by atoms with Crippen molar-refractivity contribution in [2.45, 2.75) is 30.3 Å². The van der Waals surface area contributed by atoms with Gasteiger partial charge in [0.05, 0.1) is 25.7 Å². The van der Waals surface area contributed by atoms with Crippen LogP contribution < -0.4 is 14.8 Å². The van der Waals surface area contributed by atoms with E-state index in [0.717, 1.165) is 36.5 Å². The average Bonchev–Trinajstić information content (AvgIpc) is 3.50. The Kier molecular flexibility index (Phi) is 12.6. The number of carbonyl (C=O) groups is 2. The van der Waals surface area contributed by atoms with Crippen LogP contribution in [0.3, 0.4) is 0 Å². The molecule has 0 saturated heterocycles. The zero-order chi connectivity index (χ0) is 31.5. The zero-order valence-electron chi connectivity index (χ0n) is 23.8. The van der Waals surface area contributed by atoms with Crippen molar-refractivity contribution in [3.8, 4) is 11.5 Å². The third-order valence-corrected chi connectivity index (χ3v) is 8.09. The number of benzene rings is 2. The molecule has 0 atom stereocenters. The minimum atomic E-state index is -5.08. The van der Waals surface area contributed by atoms with Crippen LogP contribution in [-0.2, 0) is 26.0 Å². The molecule has 0 fully saturated rings. The number of carbonyl (C=O) groups excluding carboxylic acids is 1. The van der Waals surface area contributed by atoms with Crippen LogP contribution >= 0.6 is 0 Å². The Morgan fingerprint density at radius 2 is 1.64 bits per heavy atom. The fourth-order valence-electron chi connectivity index (χ4n) is 3.76. The van der Waals surface area contributed by atoms with Gasteiger partial charge in [-0.2, -0.15) is 13.2 Å².